The van der Waals surface area contributed by atoms with E-state index in [0.717, 1.165) is 12.3 Å². The molecule has 2 aromatic rings. The van der Waals surface area contributed by atoms with Crippen LogP contribution in [-0.2, 0) is 22.6 Å². The van der Waals surface area contributed by atoms with E-state index in [-0.39, 0.29) is 17.1 Å². The van der Waals surface area contributed by atoms with E-state index >= 15 is 0 Å². The molecule has 1 N–H and O–H groups in total. The second kappa shape index (κ2) is 6.19. The van der Waals surface area contributed by atoms with Crippen LogP contribution in [0.2, 0.25) is 0 Å². The Labute approximate surface area is 132 Å². The van der Waals surface area contributed by atoms with Crippen molar-refractivity contribution in [1.82, 2.24) is 4.98 Å². The summed E-state index contributed by atoms with van der Waals surface area (Å²) in [6.07, 6.45) is -2.13. The molecule has 0 aliphatic carbocycles. The molecule has 1 aromatic carbocycles. The van der Waals surface area contributed by atoms with Gasteiger partial charge in [-0.15, -0.1) is 0 Å². The number of aromatic nitrogens is 1. The highest BCUT2D eigenvalue weighted by atomic mass is 32.2. The SMILES string of the molecule is Cc1ccc(NCc2ncccc2C(F)(F)F)cc1S(C)(=O)=O. The molecule has 1 aromatic heterocycles. The van der Waals surface area contributed by atoms with Crippen LogP contribution in [0.4, 0.5) is 18.9 Å². The molecule has 0 spiro atoms. The van der Waals surface area contributed by atoms with E-state index in [4.69, 9.17) is 0 Å². The van der Waals surface area contributed by atoms with Crippen LogP contribution in [-0.4, -0.2) is 19.7 Å². The zero-order valence-electron chi connectivity index (χ0n) is 12.5. The molecular formula is C15H15F3N2O2S. The molecule has 0 bridgehead atoms. The van der Waals surface area contributed by atoms with E-state index in [9.17, 15) is 21.6 Å². The van der Waals surface area contributed by atoms with E-state index in [1.165, 1.54) is 18.3 Å². The number of halogens is 3. The number of pyridine rings is 1. The average molecular weight is 344 g/mol. The molecule has 23 heavy (non-hydrogen) atoms. The minimum atomic E-state index is -4.49. The minimum Gasteiger partial charge on any atom is -0.379 e. The predicted molar refractivity (Wildman–Crippen MR) is 80.9 cm³/mol. The highest BCUT2D eigenvalue weighted by Gasteiger charge is 2.33. The number of nitrogens with one attached hydrogen (secondary N) is 1. The average Bonchev–Trinajstić information content (AvgIpc) is 2.44. The predicted octanol–water partition coefficient (Wildman–Crippen LogP) is 3.42. The summed E-state index contributed by atoms with van der Waals surface area (Å²) in [6.45, 7) is 1.49. The third-order valence-corrected chi connectivity index (χ3v) is 4.48. The Morgan fingerprint density at radius 1 is 1.22 bits per heavy atom. The molecule has 0 saturated carbocycles. The topological polar surface area (TPSA) is 59.1 Å². The molecule has 0 aliphatic rings. The fraction of sp³-hybridized carbons (Fsp3) is 0.267. The summed E-state index contributed by atoms with van der Waals surface area (Å²) in [5, 5.41) is 2.79. The summed E-state index contributed by atoms with van der Waals surface area (Å²) in [7, 11) is -3.41. The van der Waals surface area contributed by atoms with Crippen molar-refractivity contribution in [3.63, 3.8) is 0 Å². The van der Waals surface area contributed by atoms with Gasteiger partial charge in [-0.25, -0.2) is 8.42 Å². The van der Waals surface area contributed by atoms with Crippen LogP contribution in [0.1, 0.15) is 16.8 Å². The van der Waals surface area contributed by atoms with Gasteiger partial charge in [0.2, 0.25) is 0 Å². The third kappa shape index (κ3) is 4.22. The van der Waals surface area contributed by atoms with Gasteiger partial charge in [0.1, 0.15) is 0 Å². The molecule has 124 valence electrons. The Kier molecular flexibility index (Phi) is 4.65. The van der Waals surface area contributed by atoms with Crippen molar-refractivity contribution in [2.75, 3.05) is 11.6 Å². The maximum Gasteiger partial charge on any atom is 0.418 e. The van der Waals surface area contributed by atoms with Crippen LogP contribution < -0.4 is 5.32 Å². The number of nitrogens with zero attached hydrogens (tertiary/aromatic N) is 1. The van der Waals surface area contributed by atoms with Crippen molar-refractivity contribution in [3.05, 3.63) is 53.3 Å². The molecule has 4 nitrogen and oxygen atoms in total. The van der Waals surface area contributed by atoms with Crippen molar-refractivity contribution < 1.29 is 21.6 Å². The first-order valence-corrected chi connectivity index (χ1v) is 8.54. The second-order valence-electron chi connectivity index (χ2n) is 5.10. The van der Waals surface area contributed by atoms with Gasteiger partial charge in [-0.1, -0.05) is 6.07 Å². The molecule has 0 amide bonds. The maximum absolute atomic E-state index is 12.9. The van der Waals surface area contributed by atoms with E-state index in [1.807, 2.05) is 0 Å². The van der Waals surface area contributed by atoms with Gasteiger partial charge in [-0.05, 0) is 36.8 Å². The fourth-order valence-corrected chi connectivity index (χ4v) is 3.13. The Morgan fingerprint density at radius 2 is 1.91 bits per heavy atom. The zero-order valence-corrected chi connectivity index (χ0v) is 13.3. The van der Waals surface area contributed by atoms with Gasteiger partial charge in [0, 0.05) is 18.1 Å². The number of aryl methyl sites for hydroxylation is 1. The first-order chi connectivity index (χ1) is 10.6. The molecule has 1 heterocycles. The summed E-state index contributed by atoms with van der Waals surface area (Å²) in [5.41, 5.74) is 0.0195. The van der Waals surface area contributed by atoms with Crippen LogP contribution in [0, 0.1) is 6.92 Å². The molecule has 0 fully saturated rings. The molecule has 0 atom stereocenters. The zero-order chi connectivity index (χ0) is 17.3. The summed E-state index contributed by atoms with van der Waals surface area (Å²) >= 11 is 0. The quantitative estimate of drug-likeness (QED) is 0.923. The smallest absolute Gasteiger partial charge is 0.379 e. The largest absolute Gasteiger partial charge is 0.418 e. The molecular weight excluding hydrogens is 329 g/mol. The van der Waals surface area contributed by atoms with E-state index in [0.29, 0.717) is 11.3 Å². The Bertz CT molecular complexity index is 818. The molecule has 2 rings (SSSR count). The van der Waals surface area contributed by atoms with Crippen LogP contribution in [0.15, 0.2) is 41.4 Å². The lowest BCUT2D eigenvalue weighted by Crippen LogP contribution is -2.13. The van der Waals surface area contributed by atoms with Crippen LogP contribution in [0.25, 0.3) is 0 Å². The van der Waals surface area contributed by atoms with Gasteiger partial charge in [-0.2, -0.15) is 13.2 Å². The lowest BCUT2D eigenvalue weighted by atomic mass is 10.1. The van der Waals surface area contributed by atoms with E-state index < -0.39 is 21.6 Å². The first kappa shape index (κ1) is 17.3. The van der Waals surface area contributed by atoms with Gasteiger partial charge in [0.15, 0.2) is 9.84 Å². The monoisotopic (exact) mass is 344 g/mol. The van der Waals surface area contributed by atoms with Gasteiger partial charge in [0.05, 0.1) is 22.7 Å². The number of benzene rings is 1. The van der Waals surface area contributed by atoms with Crippen molar-refractivity contribution >= 4 is 15.5 Å². The van der Waals surface area contributed by atoms with Crippen molar-refractivity contribution in [2.24, 2.45) is 0 Å². The lowest BCUT2D eigenvalue weighted by molar-refractivity contribution is -0.138. The normalized spacial score (nSPS) is 12.2. The van der Waals surface area contributed by atoms with E-state index in [2.05, 4.69) is 10.3 Å². The molecule has 0 radical (unpaired) electrons. The van der Waals surface area contributed by atoms with Crippen molar-refractivity contribution in [2.45, 2.75) is 24.5 Å². The summed E-state index contributed by atoms with van der Waals surface area (Å²) in [4.78, 5) is 3.89. The standard InChI is InChI=1S/C15H15F3N2O2S/c1-10-5-6-11(8-14(10)23(2,21)22)20-9-13-12(15(16,17)18)4-3-7-19-13/h3-8,20H,9H2,1-2H3. The molecule has 0 unspecified atom stereocenters. The maximum atomic E-state index is 12.9. The minimum absolute atomic E-state index is 0.138. The number of sulfone groups is 1. The van der Waals surface area contributed by atoms with Crippen LogP contribution in [0.3, 0.4) is 0 Å². The molecule has 0 aliphatic heterocycles. The van der Waals surface area contributed by atoms with E-state index in [1.54, 1.807) is 19.1 Å². The van der Waals surface area contributed by atoms with Gasteiger partial charge in [0.25, 0.3) is 0 Å². The van der Waals surface area contributed by atoms with Crippen molar-refractivity contribution in [3.8, 4) is 0 Å². The van der Waals surface area contributed by atoms with Crippen LogP contribution in [0.5, 0.6) is 0 Å². The Morgan fingerprint density at radius 3 is 2.52 bits per heavy atom. The summed E-state index contributed by atoms with van der Waals surface area (Å²) < 4.78 is 62.1. The summed E-state index contributed by atoms with van der Waals surface area (Å²) in [5.74, 6) is 0. The molecule has 0 saturated heterocycles. The Balaban J connectivity index is 2.26. The highest BCUT2D eigenvalue weighted by molar-refractivity contribution is 7.90. The number of rotatable bonds is 4. The third-order valence-electron chi connectivity index (χ3n) is 3.24. The van der Waals surface area contributed by atoms with Crippen molar-refractivity contribution in [1.29, 1.82) is 0 Å². The number of hydrogen-bond donors (Lipinski definition) is 1. The number of alkyl halides is 3. The molecule has 8 heteroatoms. The second-order valence-corrected chi connectivity index (χ2v) is 7.09. The Hall–Kier alpha value is -2.09. The van der Waals surface area contributed by atoms with Gasteiger partial charge >= 0.3 is 6.18 Å². The van der Waals surface area contributed by atoms with Crippen LogP contribution >= 0.6 is 0 Å². The van der Waals surface area contributed by atoms with Gasteiger partial charge < -0.3 is 5.32 Å². The summed E-state index contributed by atoms with van der Waals surface area (Å²) in [6, 6.07) is 6.80. The fourth-order valence-electron chi connectivity index (χ4n) is 2.13. The highest BCUT2D eigenvalue weighted by Crippen LogP contribution is 2.31. The number of hydrogen-bond acceptors (Lipinski definition) is 4. The van der Waals surface area contributed by atoms with Gasteiger partial charge in [-0.3, -0.25) is 4.98 Å². The lowest BCUT2D eigenvalue weighted by Gasteiger charge is -2.13. The first-order valence-electron chi connectivity index (χ1n) is 6.64. The number of anilines is 1.